The Balaban J connectivity index is 1.61. The fourth-order valence-corrected chi connectivity index (χ4v) is 4.79. The number of unbranched alkanes of at least 4 members (excludes halogenated alkanes) is 14. The third-order valence-corrected chi connectivity index (χ3v) is 6.76. The van der Waals surface area contributed by atoms with Crippen molar-refractivity contribution < 1.29 is 0 Å². The molecule has 0 fully saturated rings. The average molecular weight is 427 g/mol. The highest BCUT2D eigenvalue weighted by Gasteiger charge is 2.26. The van der Waals surface area contributed by atoms with Crippen molar-refractivity contribution >= 4 is 5.69 Å². The van der Waals surface area contributed by atoms with E-state index in [4.69, 9.17) is 0 Å². The summed E-state index contributed by atoms with van der Waals surface area (Å²) in [7, 11) is 0. The second-order valence-corrected chi connectivity index (χ2v) is 9.50. The van der Waals surface area contributed by atoms with Crippen molar-refractivity contribution in [2.45, 2.75) is 129 Å². The van der Waals surface area contributed by atoms with E-state index in [2.05, 4.69) is 66.4 Å². The molecular weight excluding hydrogens is 376 g/mol. The Hall–Kier alpha value is -1.44. The zero-order chi connectivity index (χ0) is 22.0. The lowest BCUT2D eigenvalue weighted by Gasteiger charge is -2.33. The Morgan fingerprint density at radius 3 is 1.68 bits per heavy atom. The van der Waals surface area contributed by atoms with Crippen molar-refractivity contribution in [3.8, 4) is 0 Å². The highest BCUT2D eigenvalue weighted by molar-refractivity contribution is 5.51. The molecule has 0 saturated carbocycles. The Morgan fingerprint density at radius 2 is 1.10 bits per heavy atom. The quantitative estimate of drug-likeness (QED) is 0.203. The van der Waals surface area contributed by atoms with E-state index in [9.17, 15) is 0 Å². The van der Waals surface area contributed by atoms with Crippen LogP contribution in [0.25, 0.3) is 0 Å². The second-order valence-electron chi connectivity index (χ2n) is 9.50. The number of para-hydroxylation sites is 1. The molecule has 1 aliphatic heterocycles. The molecule has 2 nitrogen and oxygen atoms in total. The number of benzene rings is 1. The largest absolute Gasteiger partial charge is 0.356 e. The van der Waals surface area contributed by atoms with E-state index in [1.807, 2.05) is 0 Å². The van der Waals surface area contributed by atoms with Gasteiger partial charge in [0, 0.05) is 24.6 Å². The Morgan fingerprint density at radius 1 is 0.581 bits per heavy atom. The summed E-state index contributed by atoms with van der Waals surface area (Å²) in [4.78, 5) is 5.10. The van der Waals surface area contributed by atoms with Gasteiger partial charge in [-0.3, -0.25) is 0 Å². The van der Waals surface area contributed by atoms with Gasteiger partial charge in [-0.05, 0) is 31.4 Å². The lowest BCUT2D eigenvalue weighted by Crippen LogP contribution is -2.39. The summed E-state index contributed by atoms with van der Waals surface area (Å²) in [6, 6.07) is 10.9. The summed E-state index contributed by atoms with van der Waals surface area (Å²) >= 11 is 0. The Bertz CT molecular complexity index is 553. The molecule has 1 unspecified atom stereocenters. The highest BCUT2D eigenvalue weighted by Crippen LogP contribution is 2.28. The normalized spacial score (nSPS) is 15.9. The van der Waals surface area contributed by atoms with Crippen LogP contribution in [0.15, 0.2) is 42.7 Å². The van der Waals surface area contributed by atoms with E-state index in [0.717, 1.165) is 0 Å². The van der Waals surface area contributed by atoms with Crippen molar-refractivity contribution in [1.29, 1.82) is 0 Å². The van der Waals surface area contributed by atoms with Crippen LogP contribution in [0.5, 0.6) is 0 Å². The SMILES string of the molecule is CCCCCCCCCCCCCCN1C=CN(c2ccccc2)C1CCCCCC. The first kappa shape index (κ1) is 25.8. The van der Waals surface area contributed by atoms with Crippen LogP contribution in [0.2, 0.25) is 0 Å². The van der Waals surface area contributed by atoms with Crippen LogP contribution < -0.4 is 4.90 Å². The molecule has 176 valence electrons. The molecule has 2 rings (SSSR count). The monoisotopic (exact) mass is 426 g/mol. The fourth-order valence-electron chi connectivity index (χ4n) is 4.79. The molecule has 31 heavy (non-hydrogen) atoms. The molecule has 0 N–H and O–H groups in total. The minimum atomic E-state index is 0.506. The van der Waals surface area contributed by atoms with Crippen LogP contribution in [0.4, 0.5) is 5.69 Å². The molecule has 1 atom stereocenters. The molecule has 0 spiro atoms. The minimum Gasteiger partial charge on any atom is -0.356 e. The van der Waals surface area contributed by atoms with Crippen molar-refractivity contribution in [2.75, 3.05) is 11.4 Å². The predicted molar refractivity (Wildman–Crippen MR) is 138 cm³/mol. The van der Waals surface area contributed by atoms with Crippen LogP contribution in [0, 0.1) is 0 Å². The van der Waals surface area contributed by atoms with E-state index in [1.165, 1.54) is 121 Å². The Labute approximate surface area is 194 Å². The van der Waals surface area contributed by atoms with E-state index >= 15 is 0 Å². The van der Waals surface area contributed by atoms with Gasteiger partial charge in [0.25, 0.3) is 0 Å². The van der Waals surface area contributed by atoms with Crippen molar-refractivity contribution in [3.63, 3.8) is 0 Å². The summed E-state index contributed by atoms with van der Waals surface area (Å²) in [5.74, 6) is 0. The molecule has 0 amide bonds. The molecule has 0 bridgehead atoms. The van der Waals surface area contributed by atoms with Gasteiger partial charge in [0.05, 0.1) is 0 Å². The smallest absolute Gasteiger partial charge is 0.105 e. The van der Waals surface area contributed by atoms with Gasteiger partial charge >= 0.3 is 0 Å². The molecule has 1 aromatic carbocycles. The average Bonchev–Trinajstić information content (AvgIpc) is 3.20. The number of hydrogen-bond donors (Lipinski definition) is 0. The van der Waals surface area contributed by atoms with Gasteiger partial charge in [-0.15, -0.1) is 0 Å². The molecule has 1 heterocycles. The van der Waals surface area contributed by atoms with E-state index in [1.54, 1.807) is 0 Å². The maximum Gasteiger partial charge on any atom is 0.105 e. The zero-order valence-electron chi connectivity index (χ0n) is 20.7. The summed E-state index contributed by atoms with van der Waals surface area (Å²) in [6.07, 6.45) is 28.8. The lowest BCUT2D eigenvalue weighted by atomic mass is 10.1. The van der Waals surface area contributed by atoms with Gasteiger partial charge in [-0.25, -0.2) is 0 Å². The van der Waals surface area contributed by atoms with Crippen molar-refractivity contribution in [1.82, 2.24) is 4.90 Å². The molecule has 0 radical (unpaired) electrons. The van der Waals surface area contributed by atoms with Gasteiger partial charge in [0.15, 0.2) is 0 Å². The van der Waals surface area contributed by atoms with Crippen LogP contribution in [-0.4, -0.2) is 17.6 Å². The molecule has 0 saturated heterocycles. The van der Waals surface area contributed by atoms with Gasteiger partial charge in [-0.1, -0.05) is 122 Å². The highest BCUT2D eigenvalue weighted by atomic mass is 15.4. The first-order chi connectivity index (χ1) is 15.4. The van der Waals surface area contributed by atoms with Crippen LogP contribution >= 0.6 is 0 Å². The number of hydrogen-bond acceptors (Lipinski definition) is 2. The van der Waals surface area contributed by atoms with E-state index in [-0.39, 0.29) is 0 Å². The third kappa shape index (κ3) is 10.6. The standard InChI is InChI=1S/C29H50N2/c1-3-5-7-9-10-11-12-13-14-15-16-21-25-30-26-27-31(28-22-18-17-19-23-28)29(30)24-20-8-6-4-2/h17-19,22-23,26-27,29H,3-16,20-21,24-25H2,1-2H3. The predicted octanol–water partition coefficient (Wildman–Crippen LogP) is 9.28. The van der Waals surface area contributed by atoms with Crippen LogP contribution in [0.1, 0.15) is 123 Å². The molecule has 0 aliphatic carbocycles. The molecular formula is C29H50N2. The topological polar surface area (TPSA) is 6.48 Å². The van der Waals surface area contributed by atoms with Gasteiger partial charge < -0.3 is 9.80 Å². The molecule has 1 aliphatic rings. The van der Waals surface area contributed by atoms with Gasteiger partial charge in [0.1, 0.15) is 6.17 Å². The lowest BCUT2D eigenvalue weighted by molar-refractivity contribution is 0.273. The first-order valence-electron chi connectivity index (χ1n) is 13.6. The summed E-state index contributed by atoms with van der Waals surface area (Å²) < 4.78 is 0. The molecule has 0 aromatic heterocycles. The van der Waals surface area contributed by atoms with Gasteiger partial charge in [-0.2, -0.15) is 0 Å². The maximum atomic E-state index is 2.61. The summed E-state index contributed by atoms with van der Waals surface area (Å²) in [6.45, 7) is 5.80. The maximum absolute atomic E-state index is 2.61. The second kappa shape index (κ2) is 17.2. The van der Waals surface area contributed by atoms with Crippen LogP contribution in [-0.2, 0) is 0 Å². The van der Waals surface area contributed by atoms with Crippen molar-refractivity contribution in [3.05, 3.63) is 42.7 Å². The fraction of sp³-hybridized carbons (Fsp3) is 0.724. The van der Waals surface area contributed by atoms with Crippen LogP contribution in [0.3, 0.4) is 0 Å². The summed E-state index contributed by atoms with van der Waals surface area (Å²) in [5, 5.41) is 0. The number of anilines is 1. The third-order valence-electron chi connectivity index (χ3n) is 6.76. The molecule has 1 aromatic rings. The zero-order valence-corrected chi connectivity index (χ0v) is 20.7. The Kier molecular flexibility index (Phi) is 14.3. The van der Waals surface area contributed by atoms with Gasteiger partial charge in [0.2, 0.25) is 0 Å². The minimum absolute atomic E-state index is 0.506. The van der Waals surface area contributed by atoms with E-state index < -0.39 is 0 Å². The van der Waals surface area contributed by atoms with Crippen molar-refractivity contribution in [2.24, 2.45) is 0 Å². The van der Waals surface area contributed by atoms with E-state index in [0.29, 0.717) is 6.17 Å². The summed E-state index contributed by atoms with van der Waals surface area (Å²) in [5.41, 5.74) is 1.33. The first-order valence-corrected chi connectivity index (χ1v) is 13.6. The molecule has 2 heteroatoms. The number of nitrogens with zero attached hydrogens (tertiary/aromatic N) is 2. The number of rotatable bonds is 19.